The highest BCUT2D eigenvalue weighted by molar-refractivity contribution is 5.72. The lowest BCUT2D eigenvalue weighted by Gasteiger charge is -2.07. The topological polar surface area (TPSA) is 41.1 Å². The van der Waals surface area contributed by atoms with Gasteiger partial charge in [0.25, 0.3) is 0 Å². The molecule has 1 amide bonds. The van der Waals surface area contributed by atoms with Gasteiger partial charge in [-0.25, -0.2) is 0 Å². The van der Waals surface area contributed by atoms with Crippen LogP contribution >= 0.6 is 0 Å². The van der Waals surface area contributed by atoms with E-state index < -0.39 is 0 Å². The third-order valence-corrected chi connectivity index (χ3v) is 1.85. The molecular weight excluding hydrogens is 176 g/mol. The van der Waals surface area contributed by atoms with Crippen molar-refractivity contribution in [1.29, 1.82) is 0 Å². The van der Waals surface area contributed by atoms with E-state index in [9.17, 15) is 4.79 Å². The lowest BCUT2D eigenvalue weighted by atomic mass is 10.2. The SMILES string of the molecule is CC(=O)NCCNc1cccc(C)c1. The maximum Gasteiger partial charge on any atom is 0.216 e. The highest BCUT2D eigenvalue weighted by Gasteiger charge is 1.92. The van der Waals surface area contributed by atoms with Crippen molar-refractivity contribution in [3.05, 3.63) is 29.8 Å². The Balaban J connectivity index is 2.28. The number of rotatable bonds is 4. The summed E-state index contributed by atoms with van der Waals surface area (Å²) in [5.41, 5.74) is 2.32. The molecule has 0 aliphatic heterocycles. The van der Waals surface area contributed by atoms with E-state index in [1.807, 2.05) is 12.1 Å². The van der Waals surface area contributed by atoms with Gasteiger partial charge in [-0.1, -0.05) is 12.1 Å². The van der Waals surface area contributed by atoms with Gasteiger partial charge in [-0.05, 0) is 24.6 Å². The number of carbonyl (C=O) groups is 1. The second-order valence-corrected chi connectivity index (χ2v) is 3.28. The molecule has 1 aromatic carbocycles. The van der Waals surface area contributed by atoms with Crippen LogP contribution in [0.15, 0.2) is 24.3 Å². The monoisotopic (exact) mass is 192 g/mol. The predicted molar refractivity (Wildman–Crippen MR) is 58.4 cm³/mol. The van der Waals surface area contributed by atoms with E-state index in [4.69, 9.17) is 0 Å². The number of aryl methyl sites for hydroxylation is 1. The minimum Gasteiger partial charge on any atom is -0.383 e. The van der Waals surface area contributed by atoms with Crippen LogP contribution in [0.2, 0.25) is 0 Å². The zero-order valence-electron chi connectivity index (χ0n) is 8.63. The van der Waals surface area contributed by atoms with Gasteiger partial charge in [0.05, 0.1) is 0 Å². The predicted octanol–water partition coefficient (Wildman–Crippen LogP) is 1.54. The molecule has 0 fully saturated rings. The number of carbonyl (C=O) groups excluding carboxylic acids is 1. The van der Waals surface area contributed by atoms with Crippen LogP contribution in [-0.4, -0.2) is 19.0 Å². The van der Waals surface area contributed by atoms with Crippen molar-refractivity contribution in [3.8, 4) is 0 Å². The first-order chi connectivity index (χ1) is 6.68. The zero-order valence-corrected chi connectivity index (χ0v) is 8.63. The molecule has 0 saturated carbocycles. The fourth-order valence-electron chi connectivity index (χ4n) is 1.20. The molecule has 0 aliphatic carbocycles. The van der Waals surface area contributed by atoms with Crippen molar-refractivity contribution in [2.24, 2.45) is 0 Å². The van der Waals surface area contributed by atoms with Crippen molar-refractivity contribution >= 4 is 11.6 Å². The first-order valence-electron chi connectivity index (χ1n) is 4.73. The maximum absolute atomic E-state index is 10.6. The van der Waals surface area contributed by atoms with Crippen molar-refractivity contribution in [2.45, 2.75) is 13.8 Å². The molecule has 1 aromatic rings. The lowest BCUT2D eigenvalue weighted by molar-refractivity contribution is -0.118. The molecule has 2 N–H and O–H groups in total. The standard InChI is InChI=1S/C11H16N2O/c1-9-4-3-5-11(8-9)13-7-6-12-10(2)14/h3-5,8,13H,6-7H2,1-2H3,(H,12,14). The van der Waals surface area contributed by atoms with Crippen molar-refractivity contribution in [3.63, 3.8) is 0 Å². The quantitative estimate of drug-likeness (QED) is 0.710. The molecule has 14 heavy (non-hydrogen) atoms. The average molecular weight is 192 g/mol. The number of benzene rings is 1. The van der Waals surface area contributed by atoms with Crippen molar-refractivity contribution in [2.75, 3.05) is 18.4 Å². The summed E-state index contributed by atoms with van der Waals surface area (Å²) in [6.45, 7) is 4.98. The second-order valence-electron chi connectivity index (χ2n) is 3.28. The number of anilines is 1. The van der Waals surface area contributed by atoms with Gasteiger partial charge >= 0.3 is 0 Å². The minimum atomic E-state index is 0.0102. The van der Waals surface area contributed by atoms with E-state index in [0.717, 1.165) is 12.2 Å². The van der Waals surface area contributed by atoms with Crippen LogP contribution in [0.5, 0.6) is 0 Å². The smallest absolute Gasteiger partial charge is 0.216 e. The zero-order chi connectivity index (χ0) is 10.4. The van der Waals surface area contributed by atoms with Gasteiger partial charge < -0.3 is 10.6 Å². The Labute approximate surface area is 84.5 Å². The number of hydrogen-bond acceptors (Lipinski definition) is 2. The summed E-state index contributed by atoms with van der Waals surface area (Å²) in [5.74, 6) is 0.0102. The first-order valence-corrected chi connectivity index (χ1v) is 4.73. The molecule has 0 spiro atoms. The Morgan fingerprint density at radius 3 is 2.79 bits per heavy atom. The molecule has 0 unspecified atom stereocenters. The van der Waals surface area contributed by atoms with Gasteiger partial charge in [0.1, 0.15) is 0 Å². The van der Waals surface area contributed by atoms with Gasteiger partial charge in [0.2, 0.25) is 5.91 Å². The molecule has 0 radical (unpaired) electrons. The summed E-state index contributed by atoms with van der Waals surface area (Å²) >= 11 is 0. The molecule has 3 nitrogen and oxygen atoms in total. The molecule has 0 heterocycles. The Hall–Kier alpha value is -1.51. The van der Waals surface area contributed by atoms with Crippen LogP contribution in [-0.2, 0) is 4.79 Å². The van der Waals surface area contributed by atoms with Crippen LogP contribution in [0, 0.1) is 6.92 Å². The van der Waals surface area contributed by atoms with Gasteiger partial charge in [-0.3, -0.25) is 4.79 Å². The van der Waals surface area contributed by atoms with Gasteiger partial charge in [-0.2, -0.15) is 0 Å². The normalized spacial score (nSPS) is 9.57. The van der Waals surface area contributed by atoms with Crippen LogP contribution in [0.4, 0.5) is 5.69 Å². The molecule has 1 rings (SSSR count). The number of nitrogens with one attached hydrogen (secondary N) is 2. The summed E-state index contributed by atoms with van der Waals surface area (Å²) < 4.78 is 0. The van der Waals surface area contributed by atoms with Gasteiger partial charge in [0.15, 0.2) is 0 Å². The number of hydrogen-bond donors (Lipinski definition) is 2. The largest absolute Gasteiger partial charge is 0.383 e. The third kappa shape index (κ3) is 3.94. The van der Waals surface area contributed by atoms with Crippen LogP contribution < -0.4 is 10.6 Å². The van der Waals surface area contributed by atoms with Crippen molar-refractivity contribution in [1.82, 2.24) is 5.32 Å². The molecule has 0 saturated heterocycles. The molecule has 0 atom stereocenters. The fourth-order valence-corrected chi connectivity index (χ4v) is 1.20. The summed E-state index contributed by atoms with van der Waals surface area (Å²) in [4.78, 5) is 10.6. The maximum atomic E-state index is 10.6. The average Bonchev–Trinajstić information content (AvgIpc) is 2.12. The summed E-state index contributed by atoms with van der Waals surface area (Å²) in [6.07, 6.45) is 0. The van der Waals surface area contributed by atoms with E-state index >= 15 is 0 Å². The van der Waals surface area contributed by atoms with E-state index in [1.54, 1.807) is 0 Å². The van der Waals surface area contributed by atoms with Crippen molar-refractivity contribution < 1.29 is 4.79 Å². The van der Waals surface area contributed by atoms with Crippen LogP contribution in [0.3, 0.4) is 0 Å². The third-order valence-electron chi connectivity index (χ3n) is 1.85. The summed E-state index contributed by atoms with van der Waals surface area (Å²) in [6, 6.07) is 8.16. The lowest BCUT2D eigenvalue weighted by Crippen LogP contribution is -2.26. The highest BCUT2D eigenvalue weighted by Crippen LogP contribution is 2.08. The molecule has 0 aromatic heterocycles. The van der Waals surface area contributed by atoms with Crippen LogP contribution in [0.25, 0.3) is 0 Å². The summed E-state index contributed by atoms with van der Waals surface area (Å²) in [7, 11) is 0. The van der Waals surface area contributed by atoms with E-state index in [0.29, 0.717) is 6.54 Å². The minimum absolute atomic E-state index is 0.0102. The first kappa shape index (κ1) is 10.6. The highest BCUT2D eigenvalue weighted by atomic mass is 16.1. The van der Waals surface area contributed by atoms with E-state index in [2.05, 4.69) is 29.7 Å². The fraction of sp³-hybridized carbons (Fsp3) is 0.364. The Morgan fingerprint density at radius 2 is 2.14 bits per heavy atom. The van der Waals surface area contributed by atoms with E-state index in [1.165, 1.54) is 12.5 Å². The van der Waals surface area contributed by atoms with Gasteiger partial charge in [-0.15, -0.1) is 0 Å². The molecule has 3 heteroatoms. The Morgan fingerprint density at radius 1 is 1.36 bits per heavy atom. The molecule has 0 bridgehead atoms. The Kier molecular flexibility index (Phi) is 3.98. The Bertz CT molecular complexity index is 310. The summed E-state index contributed by atoms with van der Waals surface area (Å²) in [5, 5.41) is 5.96. The van der Waals surface area contributed by atoms with E-state index in [-0.39, 0.29) is 5.91 Å². The van der Waals surface area contributed by atoms with Gasteiger partial charge in [0, 0.05) is 25.7 Å². The second kappa shape index (κ2) is 5.27. The molecule has 0 aliphatic rings. The van der Waals surface area contributed by atoms with Crippen LogP contribution in [0.1, 0.15) is 12.5 Å². The number of amides is 1. The molecular formula is C11H16N2O. The molecule has 76 valence electrons.